The summed E-state index contributed by atoms with van der Waals surface area (Å²) in [5.41, 5.74) is 2.62. The van der Waals surface area contributed by atoms with Crippen molar-refractivity contribution < 1.29 is 28.8 Å². The lowest BCUT2D eigenvalue weighted by atomic mass is 9.76. The largest absolute Gasteiger partial charge is 0.286 e. The normalized spacial score (nSPS) is 18.8. The van der Waals surface area contributed by atoms with Gasteiger partial charge in [-0.05, 0) is 104 Å². The van der Waals surface area contributed by atoms with Gasteiger partial charge in [-0.15, -0.1) is 0 Å². The number of hydrogen-bond acceptors (Lipinski definition) is 6. The first kappa shape index (κ1) is 30.6. The van der Waals surface area contributed by atoms with Crippen molar-refractivity contribution in [2.45, 2.75) is 62.3 Å². The molecule has 0 saturated carbocycles. The Kier molecular flexibility index (Phi) is 7.44. The van der Waals surface area contributed by atoms with Crippen molar-refractivity contribution in [2.75, 3.05) is 0 Å². The van der Waals surface area contributed by atoms with Crippen LogP contribution in [-0.4, -0.2) is 34.7 Å². The van der Waals surface area contributed by atoms with Gasteiger partial charge in [-0.2, -0.15) is 0 Å². The van der Waals surface area contributed by atoms with Crippen LogP contribution in [0.1, 0.15) is 79.0 Å². The Morgan fingerprint density at radius 2 is 0.571 bits per heavy atom. The van der Waals surface area contributed by atoms with Gasteiger partial charge in [0.1, 0.15) is 0 Å². The highest BCUT2D eigenvalue weighted by atomic mass is 16.2. The second-order valence-electron chi connectivity index (χ2n) is 14.1. The van der Waals surface area contributed by atoms with Gasteiger partial charge in [0.25, 0.3) is 0 Å². The summed E-state index contributed by atoms with van der Waals surface area (Å²) >= 11 is 0. The number of allylic oxidation sites excluding steroid dienone is 12. The second-order valence-corrected chi connectivity index (χ2v) is 14.1. The number of rotatable bonds is 3. The van der Waals surface area contributed by atoms with E-state index in [1.807, 2.05) is 62.3 Å². The van der Waals surface area contributed by atoms with E-state index in [0.29, 0.717) is 50.1 Å². The number of ketones is 6. The quantitative estimate of drug-likeness (QED) is 0.320. The van der Waals surface area contributed by atoms with E-state index in [4.69, 9.17) is 0 Å². The molecule has 0 N–H and O–H groups in total. The van der Waals surface area contributed by atoms with Gasteiger partial charge < -0.3 is 0 Å². The summed E-state index contributed by atoms with van der Waals surface area (Å²) in [5.74, 6) is -3.58. The number of carbonyl (C=O) groups excluding carboxylic acids is 6. The zero-order chi connectivity index (χ0) is 31.5. The van der Waals surface area contributed by atoms with E-state index < -0.39 is 50.9 Å². The molecular formula is C36H36O6. The molecule has 0 atom stereocenters. The van der Waals surface area contributed by atoms with Gasteiger partial charge >= 0.3 is 0 Å². The molecule has 0 saturated heterocycles. The average molecular weight is 565 g/mol. The maximum atomic E-state index is 12.8. The highest BCUT2D eigenvalue weighted by molar-refractivity contribution is 6.51. The van der Waals surface area contributed by atoms with Crippen molar-refractivity contribution in [1.29, 1.82) is 0 Å². The summed E-state index contributed by atoms with van der Waals surface area (Å²) in [6.07, 6.45) is 8.98. The van der Waals surface area contributed by atoms with Gasteiger partial charge in [0.05, 0.1) is 0 Å². The van der Waals surface area contributed by atoms with Crippen molar-refractivity contribution in [2.24, 2.45) is 16.2 Å². The summed E-state index contributed by atoms with van der Waals surface area (Å²) in [6, 6.07) is 5.39. The second kappa shape index (κ2) is 10.2. The molecular weight excluding hydrogens is 528 g/mol. The first-order valence-corrected chi connectivity index (χ1v) is 13.9. The fourth-order valence-corrected chi connectivity index (χ4v) is 5.11. The number of carbonyl (C=O) groups is 6. The minimum Gasteiger partial charge on any atom is -0.286 e. The molecule has 0 heterocycles. The van der Waals surface area contributed by atoms with Crippen LogP contribution in [0.3, 0.4) is 0 Å². The maximum Gasteiger partial charge on any atom is 0.229 e. The first-order chi connectivity index (χ1) is 19.2. The van der Waals surface area contributed by atoms with Gasteiger partial charge in [0, 0.05) is 16.7 Å². The van der Waals surface area contributed by atoms with Gasteiger partial charge in [-0.25, -0.2) is 0 Å². The van der Waals surface area contributed by atoms with Crippen LogP contribution in [0, 0.1) is 16.2 Å². The molecule has 0 amide bonds. The van der Waals surface area contributed by atoms with E-state index in [1.54, 1.807) is 36.4 Å². The molecule has 0 unspecified atom stereocenters. The Hall–Kier alpha value is -4.32. The lowest BCUT2D eigenvalue weighted by molar-refractivity contribution is -0.132. The molecule has 0 radical (unpaired) electrons. The van der Waals surface area contributed by atoms with Crippen LogP contribution in [0.5, 0.6) is 0 Å². The molecule has 6 nitrogen and oxygen atoms in total. The molecule has 3 aliphatic carbocycles. The van der Waals surface area contributed by atoms with Crippen LogP contribution >= 0.6 is 0 Å². The predicted octanol–water partition coefficient (Wildman–Crippen LogP) is 6.21. The lowest BCUT2D eigenvalue weighted by Crippen LogP contribution is -2.27. The Morgan fingerprint density at radius 1 is 0.357 bits per heavy atom. The molecule has 42 heavy (non-hydrogen) atoms. The first-order valence-electron chi connectivity index (χ1n) is 13.9. The predicted molar refractivity (Wildman–Crippen MR) is 163 cm³/mol. The van der Waals surface area contributed by atoms with Crippen molar-refractivity contribution in [3.63, 3.8) is 0 Å². The number of hydrogen-bond donors (Lipinski definition) is 0. The summed E-state index contributed by atoms with van der Waals surface area (Å²) in [5, 5.41) is 0. The lowest BCUT2D eigenvalue weighted by Gasteiger charge is -2.26. The van der Waals surface area contributed by atoms with Crippen molar-refractivity contribution in [1.82, 2.24) is 0 Å². The van der Waals surface area contributed by atoms with E-state index in [2.05, 4.69) is 0 Å². The van der Waals surface area contributed by atoms with Crippen LogP contribution in [0.15, 0.2) is 71.4 Å². The Bertz CT molecular complexity index is 1480. The van der Waals surface area contributed by atoms with Crippen LogP contribution in [0.2, 0.25) is 0 Å². The van der Waals surface area contributed by atoms with Crippen LogP contribution in [0.4, 0.5) is 0 Å². The van der Waals surface area contributed by atoms with E-state index in [0.717, 1.165) is 0 Å². The minimum atomic E-state index is -0.635. The molecule has 0 fully saturated rings. The zero-order valence-electron chi connectivity index (χ0n) is 25.6. The third kappa shape index (κ3) is 5.85. The van der Waals surface area contributed by atoms with Gasteiger partial charge in [-0.1, -0.05) is 62.3 Å². The Labute approximate surface area is 246 Å². The maximum absolute atomic E-state index is 12.8. The molecule has 1 aromatic carbocycles. The molecule has 216 valence electrons. The smallest absolute Gasteiger partial charge is 0.229 e. The molecule has 0 aliphatic heterocycles. The molecule has 0 spiro atoms. The zero-order valence-corrected chi connectivity index (χ0v) is 25.6. The summed E-state index contributed by atoms with van der Waals surface area (Å²) in [7, 11) is 0. The van der Waals surface area contributed by atoms with Crippen molar-refractivity contribution in [3.8, 4) is 0 Å². The van der Waals surface area contributed by atoms with Gasteiger partial charge in [0.15, 0.2) is 0 Å². The van der Waals surface area contributed by atoms with Crippen LogP contribution in [-0.2, 0) is 28.8 Å². The summed E-state index contributed by atoms with van der Waals surface area (Å²) < 4.78 is 0. The van der Waals surface area contributed by atoms with Gasteiger partial charge in [0.2, 0.25) is 34.7 Å². The molecule has 3 aliphatic rings. The fraction of sp³-hybridized carbons (Fsp3) is 0.333. The van der Waals surface area contributed by atoms with E-state index in [-0.39, 0.29) is 0 Å². The number of Topliss-reactive ketones (excluding diaryl/α,β-unsaturated/α-hetero) is 3. The van der Waals surface area contributed by atoms with Crippen LogP contribution < -0.4 is 0 Å². The molecule has 1 aromatic rings. The highest BCUT2D eigenvalue weighted by Gasteiger charge is 2.34. The molecule has 6 heteroatoms. The SMILES string of the molecule is CC(C)(C)C1=CC(c2cc(C3=CC(=O)C(=O)C(C(C)(C)C)=C3)cc(C3=CC(=O)C(=O)C(C(C)(C)C)=C3)c2)=CC(=O)C1=O. The topological polar surface area (TPSA) is 102 Å². The average Bonchev–Trinajstić information content (AvgIpc) is 2.86. The van der Waals surface area contributed by atoms with Crippen LogP contribution in [0.25, 0.3) is 16.7 Å². The minimum absolute atomic E-state index is 0.372. The third-order valence-electron chi connectivity index (χ3n) is 7.52. The van der Waals surface area contributed by atoms with E-state index >= 15 is 0 Å². The third-order valence-corrected chi connectivity index (χ3v) is 7.52. The van der Waals surface area contributed by atoms with E-state index in [1.165, 1.54) is 18.2 Å². The fourth-order valence-electron chi connectivity index (χ4n) is 5.11. The standard InChI is InChI=1S/C36H36O6/c1-34(2,3)25-13-22(16-28(37)31(25)40)19-10-20(23-14-26(35(4,5)6)32(41)29(38)17-23)12-21(11-19)24-15-27(36(7,8)9)33(42)30(39)18-24/h10-18H,1-9H3. The van der Waals surface area contributed by atoms with Gasteiger partial charge in [-0.3, -0.25) is 28.8 Å². The monoisotopic (exact) mass is 564 g/mol. The highest BCUT2D eigenvalue weighted by Crippen LogP contribution is 2.39. The summed E-state index contributed by atoms with van der Waals surface area (Å²) in [6.45, 7) is 16.7. The Balaban J connectivity index is 2.01. The summed E-state index contributed by atoms with van der Waals surface area (Å²) in [4.78, 5) is 76.6. The molecule has 4 rings (SSSR count). The number of benzene rings is 1. The molecule has 0 aromatic heterocycles. The Morgan fingerprint density at radius 3 is 0.762 bits per heavy atom. The van der Waals surface area contributed by atoms with Crippen molar-refractivity contribution >= 4 is 51.4 Å². The van der Waals surface area contributed by atoms with Crippen molar-refractivity contribution in [3.05, 3.63) is 88.1 Å². The van der Waals surface area contributed by atoms with E-state index in [9.17, 15) is 28.8 Å². The molecule has 0 bridgehead atoms.